The van der Waals surface area contributed by atoms with Crippen LogP contribution in [0.1, 0.15) is 55.7 Å². The van der Waals surface area contributed by atoms with E-state index in [1.54, 1.807) is 6.92 Å². The highest BCUT2D eigenvalue weighted by Crippen LogP contribution is 2.22. The molecule has 0 saturated carbocycles. The first-order chi connectivity index (χ1) is 10.6. The molecule has 120 valence electrons. The summed E-state index contributed by atoms with van der Waals surface area (Å²) < 4.78 is 0. The van der Waals surface area contributed by atoms with E-state index in [2.05, 4.69) is 23.5 Å². The summed E-state index contributed by atoms with van der Waals surface area (Å²) in [6.07, 6.45) is 7.31. The lowest BCUT2D eigenvalue weighted by atomic mass is 9.89. The van der Waals surface area contributed by atoms with Crippen LogP contribution in [0.15, 0.2) is 18.2 Å². The Morgan fingerprint density at radius 2 is 1.95 bits per heavy atom. The van der Waals surface area contributed by atoms with E-state index in [0.717, 1.165) is 12.8 Å². The smallest absolute Gasteiger partial charge is 0.326 e. The molecule has 1 amide bonds. The number of nitrogens with one attached hydrogen (secondary N) is 1. The van der Waals surface area contributed by atoms with Crippen LogP contribution >= 0.6 is 0 Å². The quantitative estimate of drug-likeness (QED) is 0.814. The molecule has 0 heterocycles. The summed E-state index contributed by atoms with van der Waals surface area (Å²) in [5.41, 5.74) is 4.21. The van der Waals surface area contributed by atoms with Crippen LogP contribution in [0.4, 0.5) is 0 Å². The first-order valence-corrected chi connectivity index (χ1v) is 8.23. The zero-order valence-electron chi connectivity index (χ0n) is 13.2. The topological polar surface area (TPSA) is 66.4 Å². The van der Waals surface area contributed by atoms with Crippen molar-refractivity contribution >= 4 is 11.9 Å². The molecule has 1 unspecified atom stereocenters. The highest BCUT2D eigenvalue weighted by Gasteiger charge is 2.17. The van der Waals surface area contributed by atoms with Gasteiger partial charge in [-0.15, -0.1) is 0 Å². The Hall–Kier alpha value is -1.84. The summed E-state index contributed by atoms with van der Waals surface area (Å²) in [6, 6.07) is 5.89. The molecule has 2 rings (SSSR count). The van der Waals surface area contributed by atoms with Gasteiger partial charge in [0.2, 0.25) is 5.91 Å². The molecule has 1 aliphatic carbocycles. The van der Waals surface area contributed by atoms with E-state index >= 15 is 0 Å². The molecule has 0 saturated heterocycles. The SMILES string of the molecule is CCC(NC(=O)CCCc1ccc2c(c1)CCCC2)C(=O)O. The summed E-state index contributed by atoms with van der Waals surface area (Å²) in [6.45, 7) is 1.76. The number of fused-ring (bicyclic) bond motifs is 1. The average Bonchev–Trinajstić information content (AvgIpc) is 2.52. The molecule has 1 aromatic carbocycles. The van der Waals surface area contributed by atoms with Crippen molar-refractivity contribution in [2.24, 2.45) is 0 Å². The van der Waals surface area contributed by atoms with Crippen LogP contribution in [-0.4, -0.2) is 23.0 Å². The van der Waals surface area contributed by atoms with Crippen LogP contribution in [-0.2, 0) is 28.9 Å². The maximum atomic E-state index is 11.8. The fraction of sp³-hybridized carbons (Fsp3) is 0.556. The van der Waals surface area contributed by atoms with Crippen molar-refractivity contribution in [1.82, 2.24) is 5.32 Å². The number of carbonyl (C=O) groups is 2. The lowest BCUT2D eigenvalue weighted by Gasteiger charge is -2.16. The van der Waals surface area contributed by atoms with E-state index in [4.69, 9.17) is 5.11 Å². The largest absolute Gasteiger partial charge is 0.480 e. The molecule has 1 atom stereocenters. The number of hydrogen-bond acceptors (Lipinski definition) is 2. The van der Waals surface area contributed by atoms with Gasteiger partial charge in [-0.05, 0) is 61.6 Å². The molecule has 22 heavy (non-hydrogen) atoms. The molecule has 0 aliphatic heterocycles. The third-order valence-corrected chi connectivity index (χ3v) is 4.32. The monoisotopic (exact) mass is 303 g/mol. The predicted molar refractivity (Wildman–Crippen MR) is 85.9 cm³/mol. The van der Waals surface area contributed by atoms with Crippen molar-refractivity contribution in [2.75, 3.05) is 0 Å². The summed E-state index contributed by atoms with van der Waals surface area (Å²) in [7, 11) is 0. The summed E-state index contributed by atoms with van der Waals surface area (Å²) in [5.74, 6) is -1.14. The van der Waals surface area contributed by atoms with E-state index in [9.17, 15) is 9.59 Å². The molecule has 0 bridgehead atoms. The molecule has 2 N–H and O–H groups in total. The third-order valence-electron chi connectivity index (χ3n) is 4.32. The normalized spacial score (nSPS) is 15.0. The Bertz CT molecular complexity index is 539. The number of carboxylic acids is 1. The fourth-order valence-corrected chi connectivity index (χ4v) is 3.00. The van der Waals surface area contributed by atoms with Crippen molar-refractivity contribution in [3.8, 4) is 0 Å². The van der Waals surface area contributed by atoms with E-state index in [0.29, 0.717) is 12.8 Å². The Kier molecular flexibility index (Phi) is 5.99. The number of rotatable bonds is 7. The Morgan fingerprint density at radius 3 is 2.64 bits per heavy atom. The zero-order valence-corrected chi connectivity index (χ0v) is 13.2. The van der Waals surface area contributed by atoms with Crippen LogP contribution in [0, 0.1) is 0 Å². The molecular weight excluding hydrogens is 278 g/mol. The van der Waals surface area contributed by atoms with Crippen LogP contribution in [0.2, 0.25) is 0 Å². The summed E-state index contributed by atoms with van der Waals surface area (Å²) in [5, 5.41) is 11.5. The van der Waals surface area contributed by atoms with Gasteiger partial charge in [0.15, 0.2) is 0 Å². The van der Waals surface area contributed by atoms with Gasteiger partial charge in [0, 0.05) is 6.42 Å². The van der Waals surface area contributed by atoms with Gasteiger partial charge in [0.05, 0.1) is 0 Å². The van der Waals surface area contributed by atoms with E-state index in [1.165, 1.54) is 42.4 Å². The number of aliphatic carboxylic acids is 1. The van der Waals surface area contributed by atoms with Crippen molar-refractivity contribution in [2.45, 2.75) is 64.3 Å². The second-order valence-electron chi connectivity index (χ2n) is 6.03. The molecule has 0 aromatic heterocycles. The van der Waals surface area contributed by atoms with E-state index in [1.807, 2.05) is 0 Å². The molecule has 0 radical (unpaired) electrons. The minimum atomic E-state index is -0.967. The van der Waals surface area contributed by atoms with Crippen LogP contribution in [0.3, 0.4) is 0 Å². The lowest BCUT2D eigenvalue weighted by Crippen LogP contribution is -2.40. The van der Waals surface area contributed by atoms with Gasteiger partial charge in [-0.1, -0.05) is 25.1 Å². The number of carboxylic acid groups (broad SMARTS) is 1. The lowest BCUT2D eigenvalue weighted by molar-refractivity contribution is -0.141. The van der Waals surface area contributed by atoms with Gasteiger partial charge in [0.1, 0.15) is 6.04 Å². The van der Waals surface area contributed by atoms with Crippen LogP contribution in [0.25, 0.3) is 0 Å². The predicted octanol–water partition coefficient (Wildman–Crippen LogP) is 2.87. The van der Waals surface area contributed by atoms with Crippen molar-refractivity contribution < 1.29 is 14.7 Å². The first kappa shape index (κ1) is 16.5. The number of benzene rings is 1. The third kappa shape index (κ3) is 4.58. The van der Waals surface area contributed by atoms with Gasteiger partial charge in [-0.3, -0.25) is 4.79 Å². The van der Waals surface area contributed by atoms with E-state index < -0.39 is 12.0 Å². The number of hydrogen-bond donors (Lipinski definition) is 2. The Morgan fingerprint density at radius 1 is 1.23 bits per heavy atom. The molecule has 1 aromatic rings. The second-order valence-corrected chi connectivity index (χ2v) is 6.03. The molecular formula is C18H25NO3. The van der Waals surface area contributed by atoms with Crippen molar-refractivity contribution in [3.63, 3.8) is 0 Å². The minimum absolute atomic E-state index is 0.174. The first-order valence-electron chi connectivity index (χ1n) is 8.23. The van der Waals surface area contributed by atoms with Crippen LogP contribution < -0.4 is 5.32 Å². The van der Waals surface area contributed by atoms with Gasteiger partial charge in [0.25, 0.3) is 0 Å². The Labute approximate surface area is 131 Å². The molecule has 4 nitrogen and oxygen atoms in total. The Balaban J connectivity index is 1.78. The highest BCUT2D eigenvalue weighted by atomic mass is 16.4. The molecule has 1 aliphatic rings. The standard InChI is InChI=1S/C18H25NO3/c1-2-16(18(21)22)19-17(20)9-5-6-13-10-11-14-7-3-4-8-15(14)12-13/h10-12,16H,2-9H2,1H3,(H,19,20)(H,21,22). The number of amides is 1. The maximum absolute atomic E-state index is 11.8. The van der Waals surface area contributed by atoms with Gasteiger partial charge in [-0.2, -0.15) is 0 Å². The van der Waals surface area contributed by atoms with Crippen molar-refractivity contribution in [1.29, 1.82) is 0 Å². The highest BCUT2D eigenvalue weighted by molar-refractivity contribution is 5.83. The number of carbonyl (C=O) groups excluding carboxylic acids is 1. The van der Waals surface area contributed by atoms with Gasteiger partial charge in [-0.25, -0.2) is 4.79 Å². The second kappa shape index (κ2) is 7.97. The summed E-state index contributed by atoms with van der Waals surface area (Å²) in [4.78, 5) is 22.6. The van der Waals surface area contributed by atoms with Gasteiger partial charge < -0.3 is 10.4 Å². The van der Waals surface area contributed by atoms with Crippen molar-refractivity contribution in [3.05, 3.63) is 34.9 Å². The van der Waals surface area contributed by atoms with Gasteiger partial charge >= 0.3 is 5.97 Å². The van der Waals surface area contributed by atoms with E-state index in [-0.39, 0.29) is 5.91 Å². The van der Waals surface area contributed by atoms with Crippen LogP contribution in [0.5, 0.6) is 0 Å². The molecule has 4 heteroatoms. The number of aryl methyl sites for hydroxylation is 3. The summed E-state index contributed by atoms with van der Waals surface area (Å²) >= 11 is 0. The minimum Gasteiger partial charge on any atom is -0.480 e. The fourth-order valence-electron chi connectivity index (χ4n) is 3.00. The zero-order chi connectivity index (χ0) is 15.9. The maximum Gasteiger partial charge on any atom is 0.326 e. The molecule has 0 fully saturated rings. The average molecular weight is 303 g/mol. The molecule has 0 spiro atoms.